The van der Waals surface area contributed by atoms with Gasteiger partial charge in [0.2, 0.25) is 11.8 Å². The molecule has 35 heavy (non-hydrogen) atoms. The summed E-state index contributed by atoms with van der Waals surface area (Å²) < 4.78 is 10.6. The fourth-order valence-corrected chi connectivity index (χ4v) is 4.56. The molecule has 1 heterocycles. The molecule has 0 radical (unpaired) electrons. The Kier molecular flexibility index (Phi) is 11.2. The Morgan fingerprint density at radius 3 is 2.43 bits per heavy atom. The smallest absolute Gasteiger partial charge is 0.328 e. The molecule has 0 aliphatic carbocycles. The lowest BCUT2D eigenvalue weighted by Gasteiger charge is -2.29. The molecule has 0 bridgehead atoms. The average Bonchev–Trinajstić information content (AvgIpc) is 3.34. The Morgan fingerprint density at radius 2 is 1.83 bits per heavy atom. The summed E-state index contributed by atoms with van der Waals surface area (Å²) in [5, 5.41) is 2.88. The molecular formula is C28H40N2O5. The summed E-state index contributed by atoms with van der Waals surface area (Å²) in [6.45, 7) is 7.83. The molecule has 1 aromatic carbocycles. The van der Waals surface area contributed by atoms with Gasteiger partial charge in [-0.3, -0.25) is 9.59 Å². The highest BCUT2D eigenvalue weighted by atomic mass is 16.5. The highest BCUT2D eigenvalue weighted by Gasteiger charge is 2.38. The zero-order valence-corrected chi connectivity index (χ0v) is 21.8. The SMILES string of the molecule is COC(=O)[C@@H]1CCCN1C(=O)[C@@H](C)[C@H](/C=C/C(C)=C/[C@H](C)[C@H](Cc1ccccc1)OC)NC(C)=O. The van der Waals surface area contributed by atoms with E-state index in [9.17, 15) is 14.4 Å². The van der Waals surface area contributed by atoms with Gasteiger partial charge in [0, 0.05) is 26.5 Å². The minimum absolute atomic E-state index is 0.0258. The van der Waals surface area contributed by atoms with Gasteiger partial charge < -0.3 is 19.7 Å². The number of ether oxygens (including phenoxy) is 2. The first-order valence-electron chi connectivity index (χ1n) is 12.3. The van der Waals surface area contributed by atoms with Crippen LogP contribution < -0.4 is 5.32 Å². The van der Waals surface area contributed by atoms with Crippen molar-refractivity contribution < 1.29 is 23.9 Å². The predicted octanol–water partition coefficient (Wildman–Crippen LogP) is 3.69. The molecule has 1 aliphatic heterocycles. The van der Waals surface area contributed by atoms with Gasteiger partial charge in [0.05, 0.1) is 25.2 Å². The van der Waals surface area contributed by atoms with Gasteiger partial charge in [-0.25, -0.2) is 4.79 Å². The molecule has 2 amide bonds. The summed E-state index contributed by atoms with van der Waals surface area (Å²) in [7, 11) is 3.06. The van der Waals surface area contributed by atoms with E-state index in [0.717, 1.165) is 18.4 Å². The number of likely N-dealkylation sites (tertiary alicyclic amines) is 1. The van der Waals surface area contributed by atoms with Crippen molar-refractivity contribution in [1.29, 1.82) is 0 Å². The number of nitrogens with zero attached hydrogens (tertiary/aromatic N) is 1. The number of carbonyl (C=O) groups excluding carboxylic acids is 3. The maximum atomic E-state index is 13.2. The van der Waals surface area contributed by atoms with E-state index in [-0.39, 0.29) is 23.8 Å². The lowest BCUT2D eigenvalue weighted by atomic mass is 9.94. The summed E-state index contributed by atoms with van der Waals surface area (Å²) in [4.78, 5) is 38.8. The maximum absolute atomic E-state index is 13.2. The van der Waals surface area contributed by atoms with Crippen LogP contribution in [0.4, 0.5) is 0 Å². The second-order valence-electron chi connectivity index (χ2n) is 9.32. The van der Waals surface area contributed by atoms with Gasteiger partial charge in [0.1, 0.15) is 6.04 Å². The molecular weight excluding hydrogens is 444 g/mol. The molecule has 0 unspecified atom stereocenters. The van der Waals surface area contributed by atoms with Crippen LogP contribution in [-0.2, 0) is 30.3 Å². The number of hydrogen-bond donors (Lipinski definition) is 1. The van der Waals surface area contributed by atoms with Crippen molar-refractivity contribution in [2.24, 2.45) is 11.8 Å². The summed E-state index contributed by atoms with van der Waals surface area (Å²) in [6, 6.07) is 9.18. The number of hydrogen-bond acceptors (Lipinski definition) is 5. The molecule has 1 N–H and O–H groups in total. The molecule has 0 spiro atoms. The number of methoxy groups -OCH3 is 2. The Balaban J connectivity index is 2.12. The lowest BCUT2D eigenvalue weighted by Crippen LogP contribution is -2.49. The fraction of sp³-hybridized carbons (Fsp3) is 0.536. The normalized spacial score (nSPS) is 19.8. The van der Waals surface area contributed by atoms with Crippen LogP contribution in [0.15, 0.2) is 54.1 Å². The van der Waals surface area contributed by atoms with Crippen LogP contribution in [0.3, 0.4) is 0 Å². The third-order valence-electron chi connectivity index (χ3n) is 6.57. The Labute approximate surface area is 209 Å². The Hall–Kier alpha value is -2.93. The van der Waals surface area contributed by atoms with Gasteiger partial charge in [-0.15, -0.1) is 0 Å². The van der Waals surface area contributed by atoms with E-state index < -0.39 is 24.0 Å². The zero-order valence-electron chi connectivity index (χ0n) is 21.8. The number of esters is 1. The Morgan fingerprint density at radius 1 is 1.14 bits per heavy atom. The van der Waals surface area contributed by atoms with E-state index in [4.69, 9.17) is 9.47 Å². The first kappa shape index (κ1) is 28.3. The topological polar surface area (TPSA) is 84.9 Å². The highest BCUT2D eigenvalue weighted by Crippen LogP contribution is 2.23. The van der Waals surface area contributed by atoms with Gasteiger partial charge in [0.25, 0.3) is 0 Å². The standard InChI is InChI=1S/C28H40N2O5/c1-19(17-20(2)26(34-5)18-23-11-8-7-9-12-23)14-15-24(29-22(4)31)21(3)27(32)30-16-10-13-25(30)28(33)35-6/h7-9,11-12,14-15,17,20-21,24-26H,10,13,16,18H2,1-6H3,(H,29,31)/b15-14+,19-17+/t20-,21-,24-,25-,26-/m0/s1. The second-order valence-corrected chi connectivity index (χ2v) is 9.32. The van der Waals surface area contributed by atoms with Crippen LogP contribution in [0.1, 0.15) is 46.1 Å². The van der Waals surface area contributed by atoms with Crippen molar-refractivity contribution in [3.05, 3.63) is 59.7 Å². The first-order valence-corrected chi connectivity index (χ1v) is 12.3. The van der Waals surface area contributed by atoms with Crippen LogP contribution in [0, 0.1) is 11.8 Å². The van der Waals surface area contributed by atoms with Crippen molar-refractivity contribution in [2.75, 3.05) is 20.8 Å². The van der Waals surface area contributed by atoms with Gasteiger partial charge in [-0.05, 0) is 31.7 Å². The lowest BCUT2D eigenvalue weighted by molar-refractivity contribution is -0.152. The largest absolute Gasteiger partial charge is 0.467 e. The number of amides is 2. The van der Waals surface area contributed by atoms with Gasteiger partial charge in [-0.2, -0.15) is 0 Å². The molecule has 1 fully saturated rings. The van der Waals surface area contributed by atoms with Crippen LogP contribution in [0.2, 0.25) is 0 Å². The maximum Gasteiger partial charge on any atom is 0.328 e. The van der Waals surface area contributed by atoms with E-state index in [2.05, 4.69) is 30.4 Å². The van der Waals surface area contributed by atoms with Crippen molar-refractivity contribution in [3.8, 4) is 0 Å². The number of nitrogens with one attached hydrogen (secondary N) is 1. The molecule has 1 aromatic rings. The van der Waals surface area contributed by atoms with Gasteiger partial charge in [-0.1, -0.05) is 68.0 Å². The molecule has 2 rings (SSSR count). The third-order valence-corrected chi connectivity index (χ3v) is 6.57. The molecule has 7 heteroatoms. The van der Waals surface area contributed by atoms with E-state index >= 15 is 0 Å². The van der Waals surface area contributed by atoms with Gasteiger partial charge >= 0.3 is 5.97 Å². The molecule has 1 aliphatic rings. The van der Waals surface area contributed by atoms with E-state index in [1.807, 2.05) is 37.3 Å². The van der Waals surface area contributed by atoms with Crippen molar-refractivity contribution >= 4 is 17.8 Å². The monoisotopic (exact) mass is 484 g/mol. The number of benzene rings is 1. The summed E-state index contributed by atoms with van der Waals surface area (Å²) in [6.07, 6.45) is 8.10. The van der Waals surface area contributed by atoms with Gasteiger partial charge in [0.15, 0.2) is 0 Å². The molecule has 0 aromatic heterocycles. The minimum Gasteiger partial charge on any atom is -0.467 e. The van der Waals surface area contributed by atoms with E-state index in [0.29, 0.717) is 13.0 Å². The minimum atomic E-state index is -0.560. The highest BCUT2D eigenvalue weighted by molar-refractivity contribution is 5.87. The predicted molar refractivity (Wildman–Crippen MR) is 137 cm³/mol. The van der Waals surface area contributed by atoms with Crippen molar-refractivity contribution in [1.82, 2.24) is 10.2 Å². The quantitative estimate of drug-likeness (QED) is 0.383. The summed E-state index contributed by atoms with van der Waals surface area (Å²) >= 11 is 0. The van der Waals surface area contributed by atoms with Crippen molar-refractivity contribution in [3.63, 3.8) is 0 Å². The Bertz CT molecular complexity index is 911. The summed E-state index contributed by atoms with van der Waals surface area (Å²) in [5.74, 6) is -1.16. The summed E-state index contributed by atoms with van der Waals surface area (Å²) in [5.41, 5.74) is 2.23. The van der Waals surface area contributed by atoms with Crippen LogP contribution in [-0.4, -0.2) is 61.6 Å². The van der Waals surface area contributed by atoms with Crippen LogP contribution >= 0.6 is 0 Å². The third kappa shape index (κ3) is 8.35. The van der Waals surface area contributed by atoms with Crippen molar-refractivity contribution in [2.45, 2.75) is 65.1 Å². The molecule has 0 saturated carbocycles. The van der Waals surface area contributed by atoms with E-state index in [1.54, 1.807) is 18.9 Å². The van der Waals surface area contributed by atoms with Crippen LogP contribution in [0.5, 0.6) is 0 Å². The zero-order chi connectivity index (χ0) is 26.0. The average molecular weight is 485 g/mol. The molecule has 7 nitrogen and oxygen atoms in total. The molecule has 192 valence electrons. The van der Waals surface area contributed by atoms with E-state index in [1.165, 1.54) is 19.6 Å². The fourth-order valence-electron chi connectivity index (χ4n) is 4.56. The number of rotatable bonds is 11. The van der Waals surface area contributed by atoms with Crippen LogP contribution in [0.25, 0.3) is 0 Å². The molecule has 5 atom stereocenters. The molecule has 1 saturated heterocycles. The number of carbonyl (C=O) groups is 3. The first-order chi connectivity index (χ1) is 16.7. The second kappa shape index (κ2) is 13.8. The number of allylic oxidation sites excluding steroid dienone is 2.